The van der Waals surface area contributed by atoms with E-state index >= 15 is 0 Å². The molecule has 0 amide bonds. The van der Waals surface area contributed by atoms with Crippen molar-refractivity contribution >= 4 is 63.4 Å². The van der Waals surface area contributed by atoms with Gasteiger partial charge in [-0.15, -0.1) is 0 Å². The fourth-order valence-corrected chi connectivity index (χ4v) is 3.30. The number of H-pyrrole nitrogens is 1. The van der Waals surface area contributed by atoms with E-state index in [0.717, 1.165) is 0 Å². The highest BCUT2D eigenvalue weighted by atomic mass is 35.5. The number of nitrogen functional groups attached to an aromatic ring is 1. The smallest absolute Gasteiger partial charge is 0.352 e. The minimum Gasteiger partial charge on any atom is -0.478 e. The molecule has 0 saturated carbocycles. The molecule has 0 bridgehead atoms. The highest BCUT2D eigenvalue weighted by molar-refractivity contribution is 6.39. The molecule has 0 radical (unpaired) electrons. The average Bonchev–Trinajstić information content (AvgIpc) is 2.91. The van der Waals surface area contributed by atoms with Crippen LogP contribution in [0.3, 0.4) is 0 Å². The summed E-state index contributed by atoms with van der Waals surface area (Å²) in [5.41, 5.74) is 6.68. The summed E-state index contributed by atoms with van der Waals surface area (Å²) in [7, 11) is 0. The van der Waals surface area contributed by atoms with Gasteiger partial charge in [0.1, 0.15) is 5.69 Å². The number of carboxylic acids is 2. The standard InChI is InChI=1S/C18H12Cl2N2O4/c19-9-5-13(20)15-12(16(18(25)26)22-14(15)6-9)7-11(17(23)24)8-2-1-3-10(21)4-8/h1-7,22H,21H2,(H,23,24)(H,25,26)/b11-7+. The van der Waals surface area contributed by atoms with Crippen molar-refractivity contribution in [1.82, 2.24) is 4.98 Å². The van der Waals surface area contributed by atoms with Gasteiger partial charge in [0.25, 0.3) is 0 Å². The lowest BCUT2D eigenvalue weighted by Crippen LogP contribution is -2.03. The van der Waals surface area contributed by atoms with E-state index < -0.39 is 11.9 Å². The number of halogens is 2. The number of nitrogens with two attached hydrogens (primary N) is 1. The summed E-state index contributed by atoms with van der Waals surface area (Å²) in [5.74, 6) is -2.48. The SMILES string of the molecule is Nc1cccc(/C(=C\c2c(C(=O)O)[nH]c3cc(Cl)cc(Cl)c23)C(=O)O)c1. The Balaban J connectivity index is 2.35. The molecule has 26 heavy (non-hydrogen) atoms. The molecule has 2 aromatic carbocycles. The number of benzene rings is 2. The summed E-state index contributed by atoms with van der Waals surface area (Å²) in [6, 6.07) is 9.28. The van der Waals surface area contributed by atoms with Crippen LogP contribution in [0.5, 0.6) is 0 Å². The third-order valence-corrected chi connectivity index (χ3v) is 4.30. The molecule has 0 aliphatic rings. The second-order valence-electron chi connectivity index (χ2n) is 5.52. The predicted octanol–water partition coefficient (Wildman–Crippen LogP) is 4.38. The van der Waals surface area contributed by atoms with E-state index in [9.17, 15) is 19.8 Å². The number of anilines is 1. The van der Waals surface area contributed by atoms with Crippen molar-refractivity contribution in [1.29, 1.82) is 0 Å². The summed E-state index contributed by atoms with van der Waals surface area (Å²) >= 11 is 12.2. The Hall–Kier alpha value is -2.96. The van der Waals surface area contributed by atoms with E-state index in [2.05, 4.69) is 4.98 Å². The molecule has 8 heteroatoms. The van der Waals surface area contributed by atoms with Crippen LogP contribution >= 0.6 is 23.2 Å². The number of hydrogen-bond donors (Lipinski definition) is 4. The van der Waals surface area contributed by atoms with Gasteiger partial charge >= 0.3 is 11.9 Å². The maximum absolute atomic E-state index is 11.8. The molecule has 5 N–H and O–H groups in total. The van der Waals surface area contributed by atoms with Gasteiger partial charge in [-0.3, -0.25) is 0 Å². The number of nitrogens with one attached hydrogen (secondary N) is 1. The molecule has 0 spiro atoms. The number of carboxylic acid groups (broad SMARTS) is 2. The van der Waals surface area contributed by atoms with Crippen molar-refractivity contribution in [3.05, 3.63) is 63.3 Å². The molecule has 0 aliphatic heterocycles. The van der Waals surface area contributed by atoms with Gasteiger partial charge in [-0.2, -0.15) is 0 Å². The number of aliphatic carboxylic acids is 1. The van der Waals surface area contributed by atoms with Crippen LogP contribution in [-0.4, -0.2) is 27.1 Å². The fraction of sp³-hybridized carbons (Fsp3) is 0. The molecular weight excluding hydrogens is 379 g/mol. The Bertz CT molecular complexity index is 1090. The largest absolute Gasteiger partial charge is 0.478 e. The van der Waals surface area contributed by atoms with E-state index in [1.165, 1.54) is 24.3 Å². The topological polar surface area (TPSA) is 116 Å². The number of fused-ring (bicyclic) bond motifs is 1. The van der Waals surface area contributed by atoms with Crippen molar-refractivity contribution in [3.8, 4) is 0 Å². The normalized spacial score (nSPS) is 11.7. The summed E-state index contributed by atoms with van der Waals surface area (Å²) in [5, 5.41) is 20.0. The monoisotopic (exact) mass is 390 g/mol. The zero-order valence-corrected chi connectivity index (χ0v) is 14.6. The predicted molar refractivity (Wildman–Crippen MR) is 102 cm³/mol. The Morgan fingerprint density at radius 3 is 2.46 bits per heavy atom. The zero-order chi connectivity index (χ0) is 19.0. The minimum absolute atomic E-state index is 0.119. The van der Waals surface area contributed by atoms with E-state index in [0.29, 0.717) is 27.2 Å². The van der Waals surface area contributed by atoms with Gasteiger partial charge in [0.2, 0.25) is 0 Å². The molecule has 0 aliphatic carbocycles. The van der Waals surface area contributed by atoms with Crippen LogP contribution in [0.4, 0.5) is 5.69 Å². The molecule has 3 rings (SSSR count). The van der Waals surface area contributed by atoms with Gasteiger partial charge in [0.15, 0.2) is 0 Å². The first-order valence-corrected chi connectivity index (χ1v) is 8.08. The lowest BCUT2D eigenvalue weighted by atomic mass is 10.0. The third kappa shape index (κ3) is 3.24. The molecule has 0 fully saturated rings. The first kappa shape index (κ1) is 17.8. The molecule has 0 atom stereocenters. The molecule has 6 nitrogen and oxygen atoms in total. The summed E-state index contributed by atoms with van der Waals surface area (Å²) in [4.78, 5) is 26.1. The van der Waals surface area contributed by atoms with Gasteiger partial charge in [-0.25, -0.2) is 9.59 Å². The Morgan fingerprint density at radius 1 is 1.12 bits per heavy atom. The van der Waals surface area contributed by atoms with Crippen molar-refractivity contribution in [2.45, 2.75) is 0 Å². The highest BCUT2D eigenvalue weighted by Crippen LogP contribution is 2.35. The van der Waals surface area contributed by atoms with Crippen LogP contribution in [0.2, 0.25) is 10.0 Å². The molecule has 0 unspecified atom stereocenters. The maximum atomic E-state index is 11.8. The Labute approximate surface area is 157 Å². The molecule has 1 aromatic heterocycles. The van der Waals surface area contributed by atoms with E-state index in [4.69, 9.17) is 28.9 Å². The molecule has 0 saturated heterocycles. The number of aromatic amines is 1. The fourth-order valence-electron chi connectivity index (χ4n) is 2.71. The first-order valence-electron chi connectivity index (χ1n) is 7.33. The third-order valence-electron chi connectivity index (χ3n) is 3.78. The van der Waals surface area contributed by atoms with Gasteiger partial charge < -0.3 is 20.9 Å². The van der Waals surface area contributed by atoms with Crippen LogP contribution in [-0.2, 0) is 4.79 Å². The van der Waals surface area contributed by atoms with Crippen LogP contribution in [0.1, 0.15) is 21.6 Å². The maximum Gasteiger partial charge on any atom is 0.352 e. The molecule has 1 heterocycles. The van der Waals surface area contributed by atoms with Crippen molar-refractivity contribution in [2.75, 3.05) is 5.73 Å². The zero-order valence-electron chi connectivity index (χ0n) is 13.1. The van der Waals surface area contributed by atoms with E-state index in [1.807, 2.05) is 0 Å². The lowest BCUT2D eigenvalue weighted by Gasteiger charge is -2.05. The molecule has 3 aromatic rings. The van der Waals surface area contributed by atoms with Crippen LogP contribution in [0.15, 0.2) is 36.4 Å². The second-order valence-corrected chi connectivity index (χ2v) is 6.36. The molecular formula is C18H12Cl2N2O4. The Kier molecular flexibility index (Phi) is 4.63. The first-order chi connectivity index (χ1) is 12.3. The Morgan fingerprint density at radius 2 is 1.85 bits per heavy atom. The number of aromatic nitrogens is 1. The van der Waals surface area contributed by atoms with Crippen molar-refractivity contribution in [2.24, 2.45) is 0 Å². The number of carbonyl (C=O) groups is 2. The average molecular weight is 391 g/mol. The van der Waals surface area contributed by atoms with Crippen LogP contribution in [0.25, 0.3) is 22.6 Å². The summed E-state index contributed by atoms with van der Waals surface area (Å²) < 4.78 is 0. The van der Waals surface area contributed by atoms with Gasteiger partial charge in [-0.1, -0.05) is 35.3 Å². The number of hydrogen-bond acceptors (Lipinski definition) is 3. The van der Waals surface area contributed by atoms with Crippen LogP contribution < -0.4 is 5.73 Å². The highest BCUT2D eigenvalue weighted by Gasteiger charge is 2.21. The minimum atomic E-state index is -1.25. The van der Waals surface area contributed by atoms with Gasteiger partial charge in [-0.05, 0) is 35.9 Å². The summed E-state index contributed by atoms with van der Waals surface area (Å²) in [6.45, 7) is 0. The second kappa shape index (κ2) is 6.74. The van der Waals surface area contributed by atoms with Crippen molar-refractivity contribution < 1.29 is 19.8 Å². The van der Waals surface area contributed by atoms with E-state index in [-0.39, 0.29) is 21.9 Å². The molecule has 132 valence electrons. The van der Waals surface area contributed by atoms with Crippen LogP contribution in [0, 0.1) is 0 Å². The van der Waals surface area contributed by atoms with E-state index in [1.54, 1.807) is 18.2 Å². The quantitative estimate of drug-likeness (QED) is 0.389. The van der Waals surface area contributed by atoms with Gasteiger partial charge in [0, 0.05) is 27.2 Å². The van der Waals surface area contributed by atoms with Crippen molar-refractivity contribution in [3.63, 3.8) is 0 Å². The number of aromatic carboxylic acids is 1. The number of rotatable bonds is 4. The lowest BCUT2D eigenvalue weighted by molar-refractivity contribution is -0.130. The summed E-state index contributed by atoms with van der Waals surface area (Å²) in [6.07, 6.45) is 1.26. The van der Waals surface area contributed by atoms with Gasteiger partial charge in [0.05, 0.1) is 10.6 Å².